The number of aryl methyl sites for hydroxylation is 1. The average molecular weight is 434 g/mol. The van der Waals surface area contributed by atoms with E-state index in [-0.39, 0.29) is 0 Å². The van der Waals surface area contributed by atoms with Gasteiger partial charge in [0.15, 0.2) is 10.8 Å². The molecule has 0 bridgehead atoms. The van der Waals surface area contributed by atoms with Crippen LogP contribution in [0.2, 0.25) is 0 Å². The molecule has 31 heavy (non-hydrogen) atoms. The molecule has 7 heteroatoms. The number of anilines is 1. The number of para-hydroxylation sites is 2. The number of thioether (sulfide) groups is 1. The fourth-order valence-electron chi connectivity index (χ4n) is 4.32. The maximum atomic E-state index is 10.7. The highest BCUT2D eigenvalue weighted by molar-refractivity contribution is 7.99. The van der Waals surface area contributed by atoms with Crippen molar-refractivity contribution in [2.45, 2.75) is 18.2 Å². The van der Waals surface area contributed by atoms with Crippen LogP contribution in [0, 0.1) is 6.92 Å². The average Bonchev–Trinajstić information content (AvgIpc) is 3.22. The zero-order valence-electron chi connectivity index (χ0n) is 17.7. The van der Waals surface area contributed by atoms with Crippen molar-refractivity contribution in [2.24, 2.45) is 0 Å². The standard InChI is InChI=1S/C24H27N5OS/c1-18-15-23-25-26-24(29(23)22-10-6-5-9-21(18)22)31-17-20(30)16-27-11-13-28(14-12-27)19-7-3-2-4-8-19/h2-10,15,20,30H,11-14,16-17H2,1H3. The number of nitrogens with zero attached hydrogens (tertiary/aromatic N) is 5. The van der Waals surface area contributed by atoms with Gasteiger partial charge in [-0.1, -0.05) is 48.2 Å². The van der Waals surface area contributed by atoms with Crippen LogP contribution in [-0.2, 0) is 0 Å². The zero-order chi connectivity index (χ0) is 21.2. The van der Waals surface area contributed by atoms with Gasteiger partial charge in [0.05, 0.1) is 11.6 Å². The van der Waals surface area contributed by atoms with Crippen molar-refractivity contribution < 1.29 is 5.11 Å². The molecule has 1 aliphatic heterocycles. The molecule has 3 heterocycles. The van der Waals surface area contributed by atoms with E-state index in [1.807, 2.05) is 6.07 Å². The van der Waals surface area contributed by atoms with Gasteiger partial charge < -0.3 is 10.0 Å². The summed E-state index contributed by atoms with van der Waals surface area (Å²) in [6.07, 6.45) is -0.405. The van der Waals surface area contributed by atoms with Crippen LogP contribution in [-0.4, -0.2) is 69.2 Å². The molecule has 6 nitrogen and oxygen atoms in total. The van der Waals surface area contributed by atoms with Gasteiger partial charge in [0, 0.05) is 49.6 Å². The Kier molecular flexibility index (Phi) is 5.80. The molecule has 160 valence electrons. The maximum absolute atomic E-state index is 10.7. The summed E-state index contributed by atoms with van der Waals surface area (Å²) in [7, 11) is 0. The maximum Gasteiger partial charge on any atom is 0.196 e. The van der Waals surface area contributed by atoms with E-state index in [9.17, 15) is 5.11 Å². The lowest BCUT2D eigenvalue weighted by molar-refractivity contribution is 0.126. The summed E-state index contributed by atoms with van der Waals surface area (Å²) in [6, 6.07) is 20.9. The molecular formula is C24H27N5OS. The van der Waals surface area contributed by atoms with Gasteiger partial charge in [0.25, 0.3) is 0 Å². The number of benzene rings is 2. The van der Waals surface area contributed by atoms with Crippen molar-refractivity contribution in [1.29, 1.82) is 0 Å². The molecule has 2 aromatic carbocycles. The summed E-state index contributed by atoms with van der Waals surface area (Å²) in [6.45, 7) is 6.70. The van der Waals surface area contributed by atoms with E-state index in [0.29, 0.717) is 12.3 Å². The molecule has 0 saturated carbocycles. The van der Waals surface area contributed by atoms with Crippen LogP contribution in [0.25, 0.3) is 16.6 Å². The van der Waals surface area contributed by atoms with Crippen molar-refractivity contribution >= 4 is 34.0 Å². The van der Waals surface area contributed by atoms with Crippen molar-refractivity contribution in [3.63, 3.8) is 0 Å². The molecule has 0 radical (unpaired) electrons. The summed E-state index contributed by atoms with van der Waals surface area (Å²) >= 11 is 1.57. The molecule has 0 aliphatic carbocycles. The topological polar surface area (TPSA) is 56.9 Å². The van der Waals surface area contributed by atoms with Gasteiger partial charge >= 0.3 is 0 Å². The largest absolute Gasteiger partial charge is 0.391 e. The summed E-state index contributed by atoms with van der Waals surface area (Å²) in [5, 5.41) is 21.5. The summed E-state index contributed by atoms with van der Waals surface area (Å²) < 4.78 is 2.10. The first kappa shape index (κ1) is 20.3. The minimum Gasteiger partial charge on any atom is -0.391 e. The number of rotatable bonds is 6. The Morgan fingerprint density at radius 3 is 2.52 bits per heavy atom. The number of fused-ring (bicyclic) bond motifs is 3. The minimum absolute atomic E-state index is 0.405. The third kappa shape index (κ3) is 4.26. The second-order valence-electron chi connectivity index (χ2n) is 8.11. The minimum atomic E-state index is -0.405. The molecule has 0 amide bonds. The van der Waals surface area contributed by atoms with Gasteiger partial charge in [-0.15, -0.1) is 10.2 Å². The van der Waals surface area contributed by atoms with Gasteiger partial charge in [-0.2, -0.15) is 0 Å². The highest BCUT2D eigenvalue weighted by atomic mass is 32.2. The van der Waals surface area contributed by atoms with E-state index >= 15 is 0 Å². The first-order valence-corrected chi connectivity index (χ1v) is 11.7. The monoisotopic (exact) mass is 433 g/mol. The predicted octanol–water partition coefficient (Wildman–Crippen LogP) is 3.47. The van der Waals surface area contributed by atoms with E-state index < -0.39 is 6.10 Å². The van der Waals surface area contributed by atoms with Crippen LogP contribution in [0.15, 0.2) is 65.8 Å². The fourth-order valence-corrected chi connectivity index (χ4v) is 5.18. The second kappa shape index (κ2) is 8.86. The van der Waals surface area contributed by atoms with Gasteiger partial charge in [-0.25, -0.2) is 0 Å². The van der Waals surface area contributed by atoms with Crippen molar-refractivity contribution in [3.8, 4) is 0 Å². The lowest BCUT2D eigenvalue weighted by Gasteiger charge is -2.36. The lowest BCUT2D eigenvalue weighted by atomic mass is 10.1. The van der Waals surface area contributed by atoms with Crippen LogP contribution in [0.5, 0.6) is 0 Å². The van der Waals surface area contributed by atoms with Gasteiger partial charge in [-0.3, -0.25) is 9.30 Å². The van der Waals surface area contributed by atoms with E-state index in [4.69, 9.17) is 0 Å². The molecule has 1 aliphatic rings. The van der Waals surface area contributed by atoms with Gasteiger partial charge in [0.1, 0.15) is 0 Å². The lowest BCUT2D eigenvalue weighted by Crippen LogP contribution is -2.48. The van der Waals surface area contributed by atoms with Crippen molar-refractivity contribution in [1.82, 2.24) is 19.5 Å². The zero-order valence-corrected chi connectivity index (χ0v) is 18.5. The van der Waals surface area contributed by atoms with Crippen molar-refractivity contribution in [3.05, 3.63) is 66.2 Å². The second-order valence-corrected chi connectivity index (χ2v) is 9.10. The Hall–Kier alpha value is -2.61. The Bertz CT molecular complexity index is 1170. The summed E-state index contributed by atoms with van der Waals surface area (Å²) in [5.74, 6) is 0.599. The number of hydrogen-bond donors (Lipinski definition) is 1. The number of piperazine rings is 1. The SMILES string of the molecule is Cc1cc2nnc(SCC(O)CN3CCN(c4ccccc4)CC3)n2c2ccccc12. The number of aromatic nitrogens is 3. The van der Waals surface area contributed by atoms with Crippen LogP contribution in [0.1, 0.15) is 5.56 Å². The van der Waals surface area contributed by atoms with E-state index in [1.54, 1.807) is 11.8 Å². The number of aliphatic hydroxyl groups excluding tert-OH is 1. The number of hydrogen-bond acceptors (Lipinski definition) is 6. The Labute approximate surface area is 186 Å². The fraction of sp³-hybridized carbons (Fsp3) is 0.333. The number of aliphatic hydroxyl groups is 1. The quantitative estimate of drug-likeness (QED) is 0.470. The van der Waals surface area contributed by atoms with Crippen molar-refractivity contribution in [2.75, 3.05) is 43.4 Å². The third-order valence-corrected chi connectivity index (χ3v) is 7.02. The van der Waals surface area contributed by atoms with E-state index in [2.05, 4.69) is 85.9 Å². The molecule has 1 saturated heterocycles. The number of β-amino-alcohol motifs (C(OH)–C–C–N with tert-alkyl or cyclic N) is 1. The molecule has 1 unspecified atom stereocenters. The Morgan fingerprint density at radius 2 is 1.71 bits per heavy atom. The van der Waals surface area contributed by atoms with Crippen LogP contribution >= 0.6 is 11.8 Å². The van der Waals surface area contributed by atoms with E-state index in [0.717, 1.165) is 42.5 Å². The Balaban J connectivity index is 1.20. The molecule has 1 N–H and O–H groups in total. The van der Waals surface area contributed by atoms with E-state index in [1.165, 1.54) is 16.6 Å². The van der Waals surface area contributed by atoms with Gasteiger partial charge in [-0.05, 0) is 36.8 Å². The summed E-state index contributed by atoms with van der Waals surface area (Å²) in [4.78, 5) is 4.76. The Morgan fingerprint density at radius 1 is 0.968 bits per heavy atom. The molecule has 0 spiro atoms. The third-order valence-electron chi connectivity index (χ3n) is 5.94. The smallest absolute Gasteiger partial charge is 0.196 e. The normalized spacial score (nSPS) is 16.3. The van der Waals surface area contributed by atoms with Crippen LogP contribution in [0.3, 0.4) is 0 Å². The molecule has 4 aromatic rings. The van der Waals surface area contributed by atoms with Gasteiger partial charge in [0.2, 0.25) is 0 Å². The molecular weight excluding hydrogens is 406 g/mol. The molecule has 2 aromatic heterocycles. The molecule has 5 rings (SSSR count). The first-order chi connectivity index (χ1) is 15.2. The van der Waals surface area contributed by atoms with Crippen LogP contribution < -0.4 is 4.90 Å². The molecule has 1 atom stereocenters. The van der Waals surface area contributed by atoms with Crippen LogP contribution in [0.4, 0.5) is 5.69 Å². The predicted molar refractivity (Wildman–Crippen MR) is 127 cm³/mol. The highest BCUT2D eigenvalue weighted by Crippen LogP contribution is 2.26. The highest BCUT2D eigenvalue weighted by Gasteiger charge is 2.20. The summed E-state index contributed by atoms with van der Waals surface area (Å²) in [5.41, 5.74) is 4.43. The molecule has 1 fully saturated rings. The first-order valence-electron chi connectivity index (χ1n) is 10.8. The number of pyridine rings is 1.